The molecular weight excluding hydrogens is 278 g/mol. The maximum Gasteiger partial charge on any atom is 0.251 e. The van der Waals surface area contributed by atoms with Crippen LogP contribution in [0, 0.1) is 6.92 Å². The van der Waals surface area contributed by atoms with Crippen LogP contribution in [0.3, 0.4) is 0 Å². The number of nitrogens with one attached hydrogen (secondary N) is 1. The predicted molar refractivity (Wildman–Crippen MR) is 82.1 cm³/mol. The van der Waals surface area contributed by atoms with E-state index in [0.717, 1.165) is 11.1 Å². The fraction of sp³-hybridized carbons (Fsp3) is 0.118. The van der Waals surface area contributed by atoms with Gasteiger partial charge in [0.05, 0.1) is 6.54 Å². The second-order valence-corrected chi connectivity index (χ2v) is 4.84. The molecule has 3 aromatic rings. The summed E-state index contributed by atoms with van der Waals surface area (Å²) in [6.07, 6.45) is 0. The van der Waals surface area contributed by atoms with E-state index in [-0.39, 0.29) is 12.5 Å². The third-order valence-corrected chi connectivity index (χ3v) is 3.22. The van der Waals surface area contributed by atoms with Crippen molar-refractivity contribution in [1.82, 2.24) is 15.5 Å². The summed E-state index contributed by atoms with van der Waals surface area (Å²) in [5, 5.41) is 10.3. The lowest BCUT2D eigenvalue weighted by atomic mass is 10.0. The minimum atomic E-state index is -0.171. The van der Waals surface area contributed by atoms with Gasteiger partial charge in [0, 0.05) is 12.5 Å². The molecule has 0 aliphatic heterocycles. The van der Waals surface area contributed by atoms with Crippen molar-refractivity contribution < 1.29 is 9.21 Å². The third-order valence-electron chi connectivity index (χ3n) is 3.22. The van der Waals surface area contributed by atoms with Gasteiger partial charge < -0.3 is 9.73 Å². The van der Waals surface area contributed by atoms with Gasteiger partial charge in [-0.2, -0.15) is 0 Å². The summed E-state index contributed by atoms with van der Waals surface area (Å²) in [4.78, 5) is 12.1. The number of hydrogen-bond donors (Lipinski definition) is 1. The molecule has 0 saturated carbocycles. The molecule has 0 saturated heterocycles. The van der Waals surface area contributed by atoms with Crippen LogP contribution in [0.1, 0.15) is 22.1 Å². The zero-order valence-electron chi connectivity index (χ0n) is 12.1. The molecule has 1 amide bonds. The van der Waals surface area contributed by atoms with E-state index in [4.69, 9.17) is 4.42 Å². The predicted octanol–water partition coefficient (Wildman–Crippen LogP) is 2.98. The van der Waals surface area contributed by atoms with Gasteiger partial charge in [-0.25, -0.2) is 0 Å². The van der Waals surface area contributed by atoms with Crippen molar-refractivity contribution in [2.45, 2.75) is 13.5 Å². The summed E-state index contributed by atoms with van der Waals surface area (Å²) in [6, 6.07) is 17.5. The van der Waals surface area contributed by atoms with Crippen LogP contribution in [0.5, 0.6) is 0 Å². The van der Waals surface area contributed by atoms with Gasteiger partial charge in [-0.05, 0) is 23.3 Å². The lowest BCUT2D eigenvalue weighted by Crippen LogP contribution is -2.22. The van der Waals surface area contributed by atoms with Crippen molar-refractivity contribution >= 4 is 5.91 Å². The highest BCUT2D eigenvalue weighted by atomic mass is 16.4. The van der Waals surface area contributed by atoms with E-state index in [1.165, 1.54) is 0 Å². The summed E-state index contributed by atoms with van der Waals surface area (Å²) >= 11 is 0. The van der Waals surface area contributed by atoms with Crippen molar-refractivity contribution in [3.05, 3.63) is 71.9 Å². The van der Waals surface area contributed by atoms with Crippen LogP contribution in [0.25, 0.3) is 11.1 Å². The molecule has 1 N–H and O–H groups in total. The molecule has 2 aromatic carbocycles. The Hall–Kier alpha value is -2.95. The first-order chi connectivity index (χ1) is 10.7. The maximum atomic E-state index is 12.1. The molecule has 0 unspecified atom stereocenters. The smallest absolute Gasteiger partial charge is 0.251 e. The first-order valence-corrected chi connectivity index (χ1v) is 6.95. The highest BCUT2D eigenvalue weighted by Crippen LogP contribution is 2.19. The van der Waals surface area contributed by atoms with Gasteiger partial charge in [-0.15, -0.1) is 10.2 Å². The van der Waals surface area contributed by atoms with E-state index in [1.807, 2.05) is 42.5 Å². The summed E-state index contributed by atoms with van der Waals surface area (Å²) in [5.74, 6) is 0.707. The lowest BCUT2D eigenvalue weighted by molar-refractivity contribution is 0.0947. The topological polar surface area (TPSA) is 68.0 Å². The molecule has 1 heterocycles. The summed E-state index contributed by atoms with van der Waals surface area (Å²) < 4.78 is 5.21. The van der Waals surface area contributed by atoms with Gasteiger partial charge in [0.1, 0.15) is 0 Å². The molecule has 3 rings (SSSR count). The van der Waals surface area contributed by atoms with Crippen LogP contribution >= 0.6 is 0 Å². The highest BCUT2D eigenvalue weighted by Gasteiger charge is 2.08. The van der Waals surface area contributed by atoms with E-state index >= 15 is 0 Å². The quantitative estimate of drug-likeness (QED) is 0.803. The molecule has 0 spiro atoms. The Balaban J connectivity index is 1.66. The number of benzene rings is 2. The zero-order chi connectivity index (χ0) is 15.4. The highest BCUT2D eigenvalue weighted by molar-refractivity contribution is 5.94. The molecule has 0 radical (unpaired) electrons. The van der Waals surface area contributed by atoms with Crippen LogP contribution < -0.4 is 5.32 Å². The Morgan fingerprint density at radius 2 is 1.68 bits per heavy atom. The number of amides is 1. The molecule has 0 fully saturated rings. The summed E-state index contributed by atoms with van der Waals surface area (Å²) in [5.41, 5.74) is 2.79. The number of nitrogens with zero attached hydrogens (tertiary/aromatic N) is 2. The van der Waals surface area contributed by atoms with Gasteiger partial charge in [0.25, 0.3) is 5.91 Å². The molecule has 0 bridgehead atoms. The van der Waals surface area contributed by atoms with E-state index in [2.05, 4.69) is 15.5 Å². The molecule has 110 valence electrons. The van der Waals surface area contributed by atoms with Crippen LogP contribution in [-0.2, 0) is 6.54 Å². The SMILES string of the molecule is Cc1nnc(CNC(=O)c2ccc(-c3ccccc3)cc2)o1. The standard InChI is InChI=1S/C17H15N3O2/c1-12-19-20-16(22-12)11-18-17(21)15-9-7-14(8-10-15)13-5-3-2-4-6-13/h2-10H,11H2,1H3,(H,18,21). The number of aromatic nitrogens is 2. The van der Waals surface area contributed by atoms with Crippen molar-refractivity contribution in [3.63, 3.8) is 0 Å². The van der Waals surface area contributed by atoms with Crippen molar-refractivity contribution in [1.29, 1.82) is 0 Å². The van der Waals surface area contributed by atoms with Crippen LogP contribution in [0.4, 0.5) is 0 Å². The van der Waals surface area contributed by atoms with E-state index in [0.29, 0.717) is 17.3 Å². The van der Waals surface area contributed by atoms with Gasteiger partial charge in [0.15, 0.2) is 0 Å². The second kappa shape index (κ2) is 6.22. The minimum absolute atomic E-state index is 0.171. The average Bonchev–Trinajstić information content (AvgIpc) is 2.99. The van der Waals surface area contributed by atoms with Crippen LogP contribution in [0.2, 0.25) is 0 Å². The lowest BCUT2D eigenvalue weighted by Gasteiger charge is -2.05. The zero-order valence-corrected chi connectivity index (χ0v) is 12.1. The number of hydrogen-bond acceptors (Lipinski definition) is 4. The Morgan fingerprint density at radius 1 is 1.00 bits per heavy atom. The van der Waals surface area contributed by atoms with E-state index in [9.17, 15) is 4.79 Å². The van der Waals surface area contributed by atoms with Crippen molar-refractivity contribution in [2.75, 3.05) is 0 Å². The molecular formula is C17H15N3O2. The summed E-state index contributed by atoms with van der Waals surface area (Å²) in [7, 11) is 0. The number of aryl methyl sites for hydroxylation is 1. The molecule has 5 nitrogen and oxygen atoms in total. The van der Waals surface area contributed by atoms with Gasteiger partial charge in [0.2, 0.25) is 11.8 Å². The van der Waals surface area contributed by atoms with Crippen molar-refractivity contribution in [2.24, 2.45) is 0 Å². The average molecular weight is 293 g/mol. The van der Waals surface area contributed by atoms with Crippen LogP contribution in [0.15, 0.2) is 59.0 Å². The van der Waals surface area contributed by atoms with Gasteiger partial charge in [-0.3, -0.25) is 4.79 Å². The number of rotatable bonds is 4. The molecule has 1 aromatic heterocycles. The molecule has 22 heavy (non-hydrogen) atoms. The Labute approximate surface area is 128 Å². The number of carbonyl (C=O) groups excluding carboxylic acids is 1. The minimum Gasteiger partial charge on any atom is -0.424 e. The Bertz CT molecular complexity index is 764. The first-order valence-electron chi connectivity index (χ1n) is 6.95. The second-order valence-electron chi connectivity index (χ2n) is 4.84. The maximum absolute atomic E-state index is 12.1. The molecule has 0 aliphatic carbocycles. The van der Waals surface area contributed by atoms with E-state index < -0.39 is 0 Å². The third kappa shape index (κ3) is 3.20. The van der Waals surface area contributed by atoms with E-state index in [1.54, 1.807) is 19.1 Å². The monoisotopic (exact) mass is 293 g/mol. The largest absolute Gasteiger partial charge is 0.424 e. The van der Waals surface area contributed by atoms with Gasteiger partial charge >= 0.3 is 0 Å². The van der Waals surface area contributed by atoms with Gasteiger partial charge in [-0.1, -0.05) is 42.5 Å². The normalized spacial score (nSPS) is 10.4. The first kappa shape index (κ1) is 14.0. The molecule has 0 atom stereocenters. The Morgan fingerprint density at radius 3 is 2.32 bits per heavy atom. The Kier molecular flexibility index (Phi) is 3.96. The molecule has 0 aliphatic rings. The summed E-state index contributed by atoms with van der Waals surface area (Å²) in [6.45, 7) is 1.93. The fourth-order valence-electron chi connectivity index (χ4n) is 2.11. The van der Waals surface area contributed by atoms with Crippen LogP contribution in [-0.4, -0.2) is 16.1 Å². The fourth-order valence-corrected chi connectivity index (χ4v) is 2.11. The van der Waals surface area contributed by atoms with Crippen molar-refractivity contribution in [3.8, 4) is 11.1 Å². The molecule has 5 heteroatoms. The number of carbonyl (C=O) groups is 1.